The van der Waals surface area contributed by atoms with E-state index in [4.69, 9.17) is 18.0 Å². The van der Waals surface area contributed by atoms with E-state index in [1.54, 1.807) is 11.8 Å². The SMILES string of the molecule is C=CCC(CCC)SC(N)=S. The minimum absolute atomic E-state index is 0.537. The summed E-state index contributed by atoms with van der Waals surface area (Å²) in [4.78, 5) is 0. The highest BCUT2D eigenvalue weighted by Gasteiger charge is 2.06. The lowest BCUT2D eigenvalue weighted by atomic mass is 10.2. The van der Waals surface area contributed by atoms with Crippen molar-refractivity contribution in [2.24, 2.45) is 5.73 Å². The topological polar surface area (TPSA) is 26.0 Å². The van der Waals surface area contributed by atoms with E-state index in [1.807, 2.05) is 6.08 Å². The average molecular weight is 189 g/mol. The van der Waals surface area contributed by atoms with E-state index in [9.17, 15) is 0 Å². The van der Waals surface area contributed by atoms with Gasteiger partial charge in [0.15, 0.2) is 0 Å². The molecule has 0 aliphatic rings. The van der Waals surface area contributed by atoms with Crippen molar-refractivity contribution < 1.29 is 0 Å². The van der Waals surface area contributed by atoms with Crippen molar-refractivity contribution in [1.29, 1.82) is 0 Å². The van der Waals surface area contributed by atoms with Crippen molar-refractivity contribution in [1.82, 2.24) is 0 Å². The lowest BCUT2D eigenvalue weighted by Gasteiger charge is -2.11. The molecule has 0 saturated heterocycles. The molecular weight excluding hydrogens is 174 g/mol. The number of thioether (sulfide) groups is 1. The molecule has 1 atom stereocenters. The summed E-state index contributed by atoms with van der Waals surface area (Å²) < 4.78 is 0.547. The van der Waals surface area contributed by atoms with Gasteiger partial charge in [0.25, 0.3) is 0 Å². The number of hydrogen-bond acceptors (Lipinski definition) is 2. The summed E-state index contributed by atoms with van der Waals surface area (Å²) in [5.41, 5.74) is 5.41. The zero-order chi connectivity index (χ0) is 8.69. The van der Waals surface area contributed by atoms with Crippen LogP contribution in [0.1, 0.15) is 26.2 Å². The fraction of sp³-hybridized carbons (Fsp3) is 0.625. The van der Waals surface area contributed by atoms with Crippen molar-refractivity contribution >= 4 is 28.3 Å². The van der Waals surface area contributed by atoms with Gasteiger partial charge in [-0.05, 0) is 12.8 Å². The third kappa shape index (κ3) is 6.38. The van der Waals surface area contributed by atoms with Crippen LogP contribution in [0.3, 0.4) is 0 Å². The van der Waals surface area contributed by atoms with Gasteiger partial charge < -0.3 is 5.73 Å². The lowest BCUT2D eigenvalue weighted by Crippen LogP contribution is -2.10. The Kier molecular flexibility index (Phi) is 6.66. The number of nitrogens with two attached hydrogens (primary N) is 1. The molecule has 0 rings (SSSR count). The van der Waals surface area contributed by atoms with Crippen molar-refractivity contribution in [3.8, 4) is 0 Å². The Morgan fingerprint density at radius 2 is 2.45 bits per heavy atom. The highest BCUT2D eigenvalue weighted by Crippen LogP contribution is 2.19. The number of rotatable bonds is 5. The second-order valence-corrected chi connectivity index (χ2v) is 4.41. The molecule has 0 fully saturated rings. The molecule has 0 bridgehead atoms. The largest absolute Gasteiger partial charge is 0.385 e. The predicted octanol–water partition coefficient (Wildman–Crippen LogP) is 2.71. The predicted molar refractivity (Wildman–Crippen MR) is 57.9 cm³/mol. The summed E-state index contributed by atoms with van der Waals surface area (Å²) in [7, 11) is 0. The van der Waals surface area contributed by atoms with Gasteiger partial charge in [0.2, 0.25) is 0 Å². The van der Waals surface area contributed by atoms with E-state index >= 15 is 0 Å². The first-order valence-electron chi connectivity index (χ1n) is 3.77. The molecule has 0 aromatic carbocycles. The molecule has 3 heteroatoms. The van der Waals surface area contributed by atoms with Gasteiger partial charge in [0, 0.05) is 5.25 Å². The maximum atomic E-state index is 5.41. The highest BCUT2D eigenvalue weighted by molar-refractivity contribution is 8.23. The van der Waals surface area contributed by atoms with Gasteiger partial charge in [-0.2, -0.15) is 0 Å². The Hall–Kier alpha value is -0.0200. The van der Waals surface area contributed by atoms with E-state index in [0.717, 1.165) is 12.8 Å². The highest BCUT2D eigenvalue weighted by atomic mass is 32.2. The van der Waals surface area contributed by atoms with Crippen molar-refractivity contribution in [2.75, 3.05) is 0 Å². The monoisotopic (exact) mass is 189 g/mol. The first-order chi connectivity index (χ1) is 5.20. The molecule has 64 valence electrons. The normalized spacial score (nSPS) is 12.5. The second-order valence-electron chi connectivity index (χ2n) is 2.37. The molecule has 0 amide bonds. The van der Waals surface area contributed by atoms with E-state index in [0.29, 0.717) is 9.57 Å². The van der Waals surface area contributed by atoms with Gasteiger partial charge in [0.05, 0.1) is 0 Å². The first kappa shape index (κ1) is 11.0. The maximum Gasteiger partial charge on any atom is 0.131 e. The summed E-state index contributed by atoms with van der Waals surface area (Å²) in [6, 6.07) is 0. The molecule has 11 heavy (non-hydrogen) atoms. The quantitative estimate of drug-likeness (QED) is 0.532. The summed E-state index contributed by atoms with van der Waals surface area (Å²) in [5.74, 6) is 0. The van der Waals surface area contributed by atoms with E-state index in [1.165, 1.54) is 6.42 Å². The van der Waals surface area contributed by atoms with Gasteiger partial charge >= 0.3 is 0 Å². The summed E-state index contributed by atoms with van der Waals surface area (Å²) in [6.07, 6.45) is 5.25. The Morgan fingerprint density at radius 1 is 1.82 bits per heavy atom. The van der Waals surface area contributed by atoms with Crippen LogP contribution in [0, 0.1) is 0 Å². The fourth-order valence-corrected chi connectivity index (χ4v) is 2.22. The molecule has 0 heterocycles. The van der Waals surface area contributed by atoms with Crippen LogP contribution in [-0.4, -0.2) is 9.57 Å². The zero-order valence-electron chi connectivity index (χ0n) is 6.88. The van der Waals surface area contributed by atoms with E-state index in [-0.39, 0.29) is 0 Å². The van der Waals surface area contributed by atoms with Gasteiger partial charge in [-0.3, -0.25) is 0 Å². The zero-order valence-corrected chi connectivity index (χ0v) is 8.51. The van der Waals surface area contributed by atoms with Crippen LogP contribution in [0.2, 0.25) is 0 Å². The molecule has 2 N–H and O–H groups in total. The third-order valence-electron chi connectivity index (χ3n) is 1.32. The summed E-state index contributed by atoms with van der Waals surface area (Å²) >= 11 is 6.39. The van der Waals surface area contributed by atoms with Crippen LogP contribution in [0.15, 0.2) is 12.7 Å². The molecule has 0 aliphatic carbocycles. The first-order valence-corrected chi connectivity index (χ1v) is 5.06. The number of allylic oxidation sites excluding steroid dienone is 1. The molecular formula is C8H15NS2. The minimum atomic E-state index is 0.537. The van der Waals surface area contributed by atoms with E-state index in [2.05, 4.69) is 13.5 Å². The Balaban J connectivity index is 3.67. The van der Waals surface area contributed by atoms with Gasteiger partial charge in [-0.15, -0.1) is 6.58 Å². The average Bonchev–Trinajstić information content (AvgIpc) is 1.87. The minimum Gasteiger partial charge on any atom is -0.385 e. The Bertz CT molecular complexity index is 134. The third-order valence-corrected chi connectivity index (χ3v) is 2.61. The van der Waals surface area contributed by atoms with Crippen molar-refractivity contribution in [2.45, 2.75) is 31.4 Å². The van der Waals surface area contributed by atoms with Crippen LogP contribution in [0.25, 0.3) is 0 Å². The van der Waals surface area contributed by atoms with Crippen molar-refractivity contribution in [3.63, 3.8) is 0 Å². The molecule has 0 aromatic rings. The van der Waals surface area contributed by atoms with Crippen LogP contribution in [0.4, 0.5) is 0 Å². The maximum absolute atomic E-state index is 5.41. The number of hydrogen-bond donors (Lipinski definition) is 1. The van der Waals surface area contributed by atoms with Crippen LogP contribution >= 0.6 is 24.0 Å². The Morgan fingerprint density at radius 3 is 2.82 bits per heavy atom. The van der Waals surface area contributed by atoms with Crippen LogP contribution < -0.4 is 5.73 Å². The second kappa shape index (κ2) is 6.68. The molecule has 0 aromatic heterocycles. The van der Waals surface area contributed by atoms with Gasteiger partial charge in [-0.1, -0.05) is 43.4 Å². The standard InChI is InChI=1S/C8H15NS2/c1-3-5-7(6-4-2)11-8(9)10/h3,7H,1,4-6H2,2H3,(H2,9,10). The number of thiocarbonyl (C=S) groups is 1. The van der Waals surface area contributed by atoms with Gasteiger partial charge in [-0.25, -0.2) is 0 Å². The molecule has 0 aliphatic heterocycles. The van der Waals surface area contributed by atoms with Crippen LogP contribution in [0.5, 0.6) is 0 Å². The summed E-state index contributed by atoms with van der Waals surface area (Å²) in [5, 5.41) is 0.537. The van der Waals surface area contributed by atoms with Gasteiger partial charge in [0.1, 0.15) is 4.32 Å². The fourth-order valence-electron chi connectivity index (χ4n) is 0.897. The smallest absolute Gasteiger partial charge is 0.131 e. The lowest BCUT2D eigenvalue weighted by molar-refractivity contribution is 0.749. The van der Waals surface area contributed by atoms with Crippen molar-refractivity contribution in [3.05, 3.63) is 12.7 Å². The molecule has 0 radical (unpaired) electrons. The molecule has 1 unspecified atom stereocenters. The molecule has 0 saturated carbocycles. The van der Waals surface area contributed by atoms with E-state index < -0.39 is 0 Å². The van der Waals surface area contributed by atoms with Crippen LogP contribution in [-0.2, 0) is 0 Å². The molecule has 1 nitrogen and oxygen atoms in total. The Labute approximate surface area is 78.4 Å². The summed E-state index contributed by atoms with van der Waals surface area (Å²) in [6.45, 7) is 5.86. The molecule has 0 spiro atoms.